The zero-order chi connectivity index (χ0) is 16.2. The largest absolute Gasteiger partial charge is 0.493 e. The molecule has 0 saturated carbocycles. The Morgan fingerprint density at radius 2 is 2.00 bits per heavy atom. The number of nitrogens with one attached hydrogen (secondary N) is 1. The molecule has 0 unspecified atom stereocenters. The van der Waals surface area contributed by atoms with Gasteiger partial charge in [-0.25, -0.2) is 0 Å². The van der Waals surface area contributed by atoms with E-state index in [1.807, 2.05) is 36.6 Å². The van der Waals surface area contributed by atoms with Gasteiger partial charge in [0.2, 0.25) is 0 Å². The molecule has 0 radical (unpaired) electrons. The van der Waals surface area contributed by atoms with Crippen LogP contribution in [0.1, 0.15) is 17.3 Å². The molecule has 1 N–H and O–H groups in total. The van der Waals surface area contributed by atoms with E-state index in [1.54, 1.807) is 36.6 Å². The highest BCUT2D eigenvalue weighted by atomic mass is 32.1. The first kappa shape index (κ1) is 15.4. The van der Waals surface area contributed by atoms with Crippen LogP contribution in [0.15, 0.2) is 47.8 Å². The summed E-state index contributed by atoms with van der Waals surface area (Å²) in [7, 11) is 1.59. The fourth-order valence-electron chi connectivity index (χ4n) is 2.37. The number of amides is 1. The predicted octanol–water partition coefficient (Wildman–Crippen LogP) is 4.56. The van der Waals surface area contributed by atoms with Crippen LogP contribution in [0.25, 0.3) is 10.1 Å². The summed E-state index contributed by atoms with van der Waals surface area (Å²) >= 11 is 1.56. The maximum Gasteiger partial charge on any atom is 0.257 e. The van der Waals surface area contributed by atoms with E-state index in [4.69, 9.17) is 9.47 Å². The van der Waals surface area contributed by atoms with Crippen molar-refractivity contribution in [3.05, 3.63) is 53.4 Å². The molecule has 0 saturated heterocycles. The second kappa shape index (κ2) is 6.71. The molecular formula is C18H17NO3S. The molecule has 2 aromatic carbocycles. The number of thiophene rings is 1. The monoisotopic (exact) mass is 327 g/mol. The minimum atomic E-state index is -0.130. The van der Waals surface area contributed by atoms with Gasteiger partial charge in [-0.3, -0.25) is 4.79 Å². The van der Waals surface area contributed by atoms with Crippen molar-refractivity contribution in [2.45, 2.75) is 6.92 Å². The Morgan fingerprint density at radius 1 is 1.17 bits per heavy atom. The maximum atomic E-state index is 12.5. The summed E-state index contributed by atoms with van der Waals surface area (Å²) in [6.45, 7) is 2.44. The molecule has 23 heavy (non-hydrogen) atoms. The van der Waals surface area contributed by atoms with Gasteiger partial charge in [0.1, 0.15) is 0 Å². The molecule has 3 rings (SSSR count). The van der Waals surface area contributed by atoms with Gasteiger partial charge in [0, 0.05) is 27.2 Å². The van der Waals surface area contributed by atoms with Crippen molar-refractivity contribution in [3.8, 4) is 11.5 Å². The van der Waals surface area contributed by atoms with Gasteiger partial charge < -0.3 is 14.8 Å². The SMILES string of the molecule is CCOc1cc(NC(=O)c2csc3ccccc23)ccc1OC. The van der Waals surface area contributed by atoms with Crippen molar-refractivity contribution in [2.24, 2.45) is 0 Å². The average molecular weight is 327 g/mol. The zero-order valence-electron chi connectivity index (χ0n) is 13.0. The Morgan fingerprint density at radius 3 is 2.78 bits per heavy atom. The van der Waals surface area contributed by atoms with E-state index in [9.17, 15) is 4.79 Å². The number of anilines is 1. The maximum absolute atomic E-state index is 12.5. The molecule has 5 heteroatoms. The normalized spacial score (nSPS) is 10.5. The van der Waals surface area contributed by atoms with E-state index >= 15 is 0 Å². The van der Waals surface area contributed by atoms with Gasteiger partial charge in [-0.1, -0.05) is 18.2 Å². The van der Waals surface area contributed by atoms with Crippen molar-refractivity contribution in [2.75, 3.05) is 19.0 Å². The van der Waals surface area contributed by atoms with E-state index in [-0.39, 0.29) is 5.91 Å². The number of carbonyl (C=O) groups is 1. The molecule has 1 amide bonds. The lowest BCUT2D eigenvalue weighted by Gasteiger charge is -2.11. The van der Waals surface area contributed by atoms with Gasteiger partial charge in [0.25, 0.3) is 5.91 Å². The Hall–Kier alpha value is -2.53. The molecule has 3 aromatic rings. The van der Waals surface area contributed by atoms with Gasteiger partial charge in [-0.2, -0.15) is 0 Å². The van der Waals surface area contributed by atoms with Crippen LogP contribution in [-0.2, 0) is 0 Å². The molecule has 4 nitrogen and oxygen atoms in total. The average Bonchev–Trinajstić information content (AvgIpc) is 2.99. The molecule has 0 aliphatic carbocycles. The van der Waals surface area contributed by atoms with E-state index in [0.29, 0.717) is 29.4 Å². The number of carbonyl (C=O) groups excluding carboxylic acids is 1. The minimum absolute atomic E-state index is 0.130. The minimum Gasteiger partial charge on any atom is -0.493 e. The van der Waals surface area contributed by atoms with Crippen molar-refractivity contribution in [1.82, 2.24) is 0 Å². The van der Waals surface area contributed by atoms with Gasteiger partial charge >= 0.3 is 0 Å². The number of hydrogen-bond acceptors (Lipinski definition) is 4. The molecule has 0 fully saturated rings. The predicted molar refractivity (Wildman–Crippen MR) is 93.9 cm³/mol. The van der Waals surface area contributed by atoms with Crippen LogP contribution in [-0.4, -0.2) is 19.6 Å². The van der Waals surface area contributed by atoms with Gasteiger partial charge in [0.05, 0.1) is 19.3 Å². The summed E-state index contributed by atoms with van der Waals surface area (Å²) in [4.78, 5) is 12.5. The summed E-state index contributed by atoms with van der Waals surface area (Å²) in [6.07, 6.45) is 0. The number of ether oxygens (including phenoxy) is 2. The standard InChI is InChI=1S/C18H17NO3S/c1-3-22-16-10-12(8-9-15(16)21-2)19-18(20)14-11-23-17-7-5-4-6-13(14)17/h4-11H,3H2,1-2H3,(H,19,20). The highest BCUT2D eigenvalue weighted by Crippen LogP contribution is 2.31. The quantitative estimate of drug-likeness (QED) is 0.747. The summed E-state index contributed by atoms with van der Waals surface area (Å²) in [5.41, 5.74) is 1.36. The van der Waals surface area contributed by atoms with Crippen molar-refractivity contribution in [1.29, 1.82) is 0 Å². The molecule has 0 spiro atoms. The van der Waals surface area contributed by atoms with Crippen LogP contribution in [0.5, 0.6) is 11.5 Å². The third-order valence-electron chi connectivity index (χ3n) is 3.45. The molecule has 1 heterocycles. The fourth-order valence-corrected chi connectivity index (χ4v) is 3.32. The summed E-state index contributed by atoms with van der Waals surface area (Å²) in [6, 6.07) is 13.2. The Bertz CT molecular complexity index is 841. The van der Waals surface area contributed by atoms with Gasteiger partial charge in [-0.05, 0) is 25.1 Å². The third kappa shape index (κ3) is 3.14. The first-order valence-corrected chi connectivity index (χ1v) is 8.19. The molecule has 0 bridgehead atoms. The highest BCUT2D eigenvalue weighted by Gasteiger charge is 2.13. The summed E-state index contributed by atoms with van der Waals surface area (Å²) in [5.74, 6) is 1.13. The van der Waals surface area contributed by atoms with E-state index in [1.165, 1.54) is 0 Å². The van der Waals surface area contributed by atoms with E-state index in [0.717, 1.165) is 10.1 Å². The first-order chi connectivity index (χ1) is 11.2. The molecule has 118 valence electrons. The summed E-state index contributed by atoms with van der Waals surface area (Å²) in [5, 5.41) is 5.77. The van der Waals surface area contributed by atoms with E-state index < -0.39 is 0 Å². The summed E-state index contributed by atoms with van der Waals surface area (Å²) < 4.78 is 11.9. The number of rotatable bonds is 5. The fraction of sp³-hybridized carbons (Fsp3) is 0.167. The van der Waals surface area contributed by atoms with Gasteiger partial charge in [0.15, 0.2) is 11.5 Å². The van der Waals surface area contributed by atoms with Crippen LogP contribution in [0.2, 0.25) is 0 Å². The topological polar surface area (TPSA) is 47.6 Å². The number of fused-ring (bicyclic) bond motifs is 1. The van der Waals surface area contributed by atoms with E-state index in [2.05, 4.69) is 5.32 Å². The highest BCUT2D eigenvalue weighted by molar-refractivity contribution is 7.17. The van der Waals surface area contributed by atoms with Crippen LogP contribution >= 0.6 is 11.3 Å². The lowest BCUT2D eigenvalue weighted by Crippen LogP contribution is -2.11. The third-order valence-corrected chi connectivity index (χ3v) is 4.41. The Balaban J connectivity index is 1.86. The first-order valence-electron chi connectivity index (χ1n) is 7.31. The molecule has 0 aliphatic heterocycles. The Labute approximate surface area is 138 Å². The lowest BCUT2D eigenvalue weighted by atomic mass is 10.1. The second-order valence-corrected chi connectivity index (χ2v) is 5.81. The molecule has 0 aliphatic rings. The van der Waals surface area contributed by atoms with Crippen LogP contribution in [0.3, 0.4) is 0 Å². The number of benzene rings is 2. The second-order valence-electron chi connectivity index (χ2n) is 4.90. The van der Waals surface area contributed by atoms with Crippen LogP contribution in [0, 0.1) is 0 Å². The van der Waals surface area contributed by atoms with Crippen molar-refractivity contribution >= 4 is 33.0 Å². The van der Waals surface area contributed by atoms with Gasteiger partial charge in [-0.15, -0.1) is 11.3 Å². The number of hydrogen-bond donors (Lipinski definition) is 1. The zero-order valence-corrected chi connectivity index (χ0v) is 13.8. The van der Waals surface area contributed by atoms with Crippen LogP contribution in [0.4, 0.5) is 5.69 Å². The molecule has 0 atom stereocenters. The molecule has 1 aromatic heterocycles. The van der Waals surface area contributed by atoms with Crippen LogP contribution < -0.4 is 14.8 Å². The number of methoxy groups -OCH3 is 1. The lowest BCUT2D eigenvalue weighted by molar-refractivity contribution is 0.102. The van der Waals surface area contributed by atoms with Crippen molar-refractivity contribution in [3.63, 3.8) is 0 Å². The molecular weight excluding hydrogens is 310 g/mol. The Kier molecular flexibility index (Phi) is 4.48. The van der Waals surface area contributed by atoms with Crippen molar-refractivity contribution < 1.29 is 14.3 Å². The smallest absolute Gasteiger partial charge is 0.257 e.